The molecule has 0 aromatic heterocycles. The van der Waals surface area contributed by atoms with Crippen molar-refractivity contribution in [3.05, 3.63) is 33.9 Å². The second-order valence-electron chi connectivity index (χ2n) is 6.57. The Balaban J connectivity index is 2.20. The first-order valence-corrected chi connectivity index (χ1v) is 8.39. The Hall–Kier alpha value is -2.15. The van der Waals surface area contributed by atoms with Crippen LogP contribution in [0.4, 0.5) is 11.4 Å². The number of nitrogens with zero attached hydrogens (tertiary/aromatic N) is 1. The largest absolute Gasteiger partial charge is 0.396 e. The van der Waals surface area contributed by atoms with E-state index in [1.807, 2.05) is 13.8 Å². The van der Waals surface area contributed by atoms with Crippen molar-refractivity contribution in [3.8, 4) is 0 Å². The van der Waals surface area contributed by atoms with Crippen molar-refractivity contribution in [1.82, 2.24) is 5.32 Å². The minimum atomic E-state index is -0.468. The Kier molecular flexibility index (Phi) is 6.14. The highest BCUT2D eigenvalue weighted by Crippen LogP contribution is 2.34. The Morgan fingerprint density at radius 1 is 1.42 bits per heavy atom. The van der Waals surface area contributed by atoms with Crippen molar-refractivity contribution in [2.24, 2.45) is 5.92 Å². The number of nitro benzene ring substituents is 1. The average molecular weight is 335 g/mol. The van der Waals surface area contributed by atoms with Crippen LogP contribution in [0, 0.1) is 16.0 Å². The molecule has 24 heavy (non-hydrogen) atoms. The van der Waals surface area contributed by atoms with E-state index in [9.17, 15) is 14.9 Å². The van der Waals surface area contributed by atoms with Gasteiger partial charge in [-0.1, -0.05) is 6.42 Å². The molecule has 0 bridgehead atoms. The smallest absolute Gasteiger partial charge is 0.293 e. The number of anilines is 1. The third-order valence-electron chi connectivity index (χ3n) is 4.38. The van der Waals surface area contributed by atoms with Gasteiger partial charge in [-0.2, -0.15) is 0 Å². The molecule has 1 aliphatic carbocycles. The minimum absolute atomic E-state index is 0.0351. The third-order valence-corrected chi connectivity index (χ3v) is 4.38. The van der Waals surface area contributed by atoms with Crippen molar-refractivity contribution >= 4 is 17.3 Å². The summed E-state index contributed by atoms with van der Waals surface area (Å²) in [4.78, 5) is 23.0. The van der Waals surface area contributed by atoms with Crippen LogP contribution in [0.5, 0.6) is 0 Å². The van der Waals surface area contributed by atoms with Crippen molar-refractivity contribution in [1.29, 1.82) is 0 Å². The van der Waals surface area contributed by atoms with Crippen LogP contribution in [0.3, 0.4) is 0 Å². The lowest BCUT2D eigenvalue weighted by Crippen LogP contribution is -2.30. The molecule has 1 amide bonds. The molecule has 0 saturated heterocycles. The molecule has 7 nitrogen and oxygen atoms in total. The van der Waals surface area contributed by atoms with Crippen molar-refractivity contribution in [2.75, 3.05) is 11.9 Å². The van der Waals surface area contributed by atoms with Gasteiger partial charge in [0.25, 0.3) is 11.6 Å². The number of carbonyl (C=O) groups excluding carboxylic acids is 1. The topological polar surface area (TPSA) is 104 Å². The van der Waals surface area contributed by atoms with Crippen LogP contribution in [0.1, 0.15) is 49.9 Å². The summed E-state index contributed by atoms with van der Waals surface area (Å²) in [5.74, 6) is -0.00260. The molecule has 0 spiro atoms. The Labute approximate surface area is 141 Å². The van der Waals surface area contributed by atoms with Gasteiger partial charge in [0.1, 0.15) is 5.69 Å². The molecule has 1 saturated carbocycles. The molecule has 3 N–H and O–H groups in total. The zero-order chi connectivity index (χ0) is 17.7. The van der Waals surface area contributed by atoms with Crippen LogP contribution in [0.15, 0.2) is 18.2 Å². The van der Waals surface area contributed by atoms with E-state index in [-0.39, 0.29) is 35.8 Å². The fourth-order valence-electron chi connectivity index (χ4n) is 3.23. The van der Waals surface area contributed by atoms with Crippen LogP contribution < -0.4 is 10.6 Å². The zero-order valence-corrected chi connectivity index (χ0v) is 14.1. The number of benzene rings is 1. The van der Waals surface area contributed by atoms with Crippen LogP contribution in [0.2, 0.25) is 0 Å². The molecular formula is C17H25N3O4. The van der Waals surface area contributed by atoms with Gasteiger partial charge in [0, 0.05) is 30.3 Å². The van der Waals surface area contributed by atoms with E-state index in [1.165, 1.54) is 6.07 Å². The first-order chi connectivity index (χ1) is 11.4. The summed E-state index contributed by atoms with van der Waals surface area (Å²) in [6, 6.07) is 4.60. The Morgan fingerprint density at radius 3 is 2.79 bits per heavy atom. The highest BCUT2D eigenvalue weighted by atomic mass is 16.6. The van der Waals surface area contributed by atoms with Crippen LogP contribution in [-0.4, -0.2) is 34.6 Å². The molecule has 0 heterocycles. The van der Waals surface area contributed by atoms with Gasteiger partial charge < -0.3 is 15.7 Å². The third kappa shape index (κ3) is 4.44. The van der Waals surface area contributed by atoms with E-state index in [2.05, 4.69) is 10.6 Å². The summed E-state index contributed by atoms with van der Waals surface area (Å²) in [7, 11) is 0. The van der Waals surface area contributed by atoms with E-state index in [1.54, 1.807) is 12.1 Å². The molecule has 0 radical (unpaired) electrons. The van der Waals surface area contributed by atoms with Gasteiger partial charge in [-0.25, -0.2) is 0 Å². The van der Waals surface area contributed by atoms with E-state index in [0.29, 0.717) is 18.0 Å². The SMILES string of the molecule is CC(C)NC(=O)c1ccc(NC2CCCC2CCO)c([N+](=O)[O-])c1. The quantitative estimate of drug-likeness (QED) is 0.525. The highest BCUT2D eigenvalue weighted by Gasteiger charge is 2.29. The van der Waals surface area contributed by atoms with Crippen molar-refractivity contribution < 1.29 is 14.8 Å². The summed E-state index contributed by atoms with van der Waals surface area (Å²) in [5.41, 5.74) is 0.608. The molecule has 132 valence electrons. The molecule has 7 heteroatoms. The van der Waals surface area contributed by atoms with Crippen molar-refractivity contribution in [3.63, 3.8) is 0 Å². The molecule has 2 rings (SSSR count). The number of nitrogens with one attached hydrogen (secondary N) is 2. The molecule has 2 atom stereocenters. The summed E-state index contributed by atoms with van der Waals surface area (Å²) in [6.07, 6.45) is 3.68. The maximum atomic E-state index is 12.0. The molecule has 1 fully saturated rings. The summed E-state index contributed by atoms with van der Waals surface area (Å²) in [6.45, 7) is 3.80. The van der Waals surface area contributed by atoms with Crippen LogP contribution in [0.25, 0.3) is 0 Å². The van der Waals surface area contributed by atoms with Crippen molar-refractivity contribution in [2.45, 2.75) is 51.6 Å². The Bertz CT molecular complexity index is 603. The number of rotatable bonds is 7. The second-order valence-corrected chi connectivity index (χ2v) is 6.57. The normalized spacial score (nSPS) is 20.2. The number of hydrogen-bond acceptors (Lipinski definition) is 5. The molecule has 1 aromatic carbocycles. The van der Waals surface area contributed by atoms with E-state index < -0.39 is 4.92 Å². The predicted molar refractivity (Wildman–Crippen MR) is 92.2 cm³/mol. The lowest BCUT2D eigenvalue weighted by Gasteiger charge is -2.21. The van der Waals surface area contributed by atoms with Gasteiger partial charge in [0.05, 0.1) is 4.92 Å². The van der Waals surface area contributed by atoms with E-state index in [0.717, 1.165) is 19.3 Å². The first-order valence-electron chi connectivity index (χ1n) is 8.39. The number of carbonyl (C=O) groups is 1. The molecule has 0 aliphatic heterocycles. The van der Waals surface area contributed by atoms with Crippen LogP contribution in [-0.2, 0) is 0 Å². The van der Waals surface area contributed by atoms with E-state index in [4.69, 9.17) is 5.11 Å². The standard InChI is InChI=1S/C17H25N3O4/c1-11(2)18-17(22)13-6-7-15(16(10-13)20(23)24)19-14-5-3-4-12(14)8-9-21/h6-7,10-12,14,19,21H,3-5,8-9H2,1-2H3,(H,18,22). The van der Waals surface area contributed by atoms with Gasteiger partial charge in [-0.05, 0) is 51.2 Å². The number of aliphatic hydroxyl groups is 1. The van der Waals surface area contributed by atoms with Gasteiger partial charge in [-0.15, -0.1) is 0 Å². The average Bonchev–Trinajstić information content (AvgIpc) is 2.94. The second kappa shape index (κ2) is 8.10. The minimum Gasteiger partial charge on any atom is -0.396 e. The molecule has 2 unspecified atom stereocenters. The summed E-state index contributed by atoms with van der Waals surface area (Å²) >= 11 is 0. The van der Waals surface area contributed by atoms with Gasteiger partial charge in [0.2, 0.25) is 0 Å². The number of amides is 1. The number of aliphatic hydroxyl groups excluding tert-OH is 1. The molecule has 1 aromatic rings. The zero-order valence-electron chi connectivity index (χ0n) is 14.1. The highest BCUT2D eigenvalue weighted by molar-refractivity contribution is 5.95. The summed E-state index contributed by atoms with van der Waals surface area (Å²) < 4.78 is 0. The van der Waals surface area contributed by atoms with Gasteiger partial charge in [0.15, 0.2) is 0 Å². The number of hydrogen-bond donors (Lipinski definition) is 3. The van der Waals surface area contributed by atoms with E-state index >= 15 is 0 Å². The predicted octanol–water partition coefficient (Wildman–Crippen LogP) is 2.70. The number of nitro groups is 1. The Morgan fingerprint density at radius 2 is 2.17 bits per heavy atom. The monoisotopic (exact) mass is 335 g/mol. The first kappa shape index (κ1) is 18.2. The lowest BCUT2D eigenvalue weighted by molar-refractivity contribution is -0.384. The fraction of sp³-hybridized carbons (Fsp3) is 0.588. The lowest BCUT2D eigenvalue weighted by atomic mass is 9.99. The molecule has 1 aliphatic rings. The maximum absolute atomic E-state index is 12.0. The summed E-state index contributed by atoms with van der Waals surface area (Å²) in [5, 5.41) is 26.5. The van der Waals surface area contributed by atoms with Crippen LogP contribution >= 0.6 is 0 Å². The van der Waals surface area contributed by atoms with Gasteiger partial charge in [-0.3, -0.25) is 14.9 Å². The van der Waals surface area contributed by atoms with Gasteiger partial charge >= 0.3 is 0 Å². The molecular weight excluding hydrogens is 310 g/mol. The maximum Gasteiger partial charge on any atom is 0.293 e. The fourth-order valence-corrected chi connectivity index (χ4v) is 3.23.